The Bertz CT molecular complexity index is 465. The third-order valence-electron chi connectivity index (χ3n) is 4.11. The van der Waals surface area contributed by atoms with Crippen molar-refractivity contribution < 1.29 is 4.79 Å². The number of carbonyl (C=O) groups is 1. The van der Waals surface area contributed by atoms with Crippen LogP contribution in [0.1, 0.15) is 18.9 Å². The quantitative estimate of drug-likeness (QED) is 0.729. The van der Waals surface area contributed by atoms with E-state index >= 15 is 0 Å². The fourth-order valence-corrected chi connectivity index (χ4v) is 3.12. The molecule has 1 aliphatic heterocycles. The summed E-state index contributed by atoms with van der Waals surface area (Å²) in [5.74, 6) is 1.57. The number of fused-ring (bicyclic) bond motifs is 1. The molecule has 2 nitrogen and oxygen atoms in total. The van der Waals surface area contributed by atoms with Crippen molar-refractivity contribution in [2.75, 3.05) is 6.54 Å². The van der Waals surface area contributed by atoms with E-state index in [0.717, 1.165) is 19.5 Å². The molecule has 94 valence electrons. The lowest BCUT2D eigenvalue weighted by molar-refractivity contribution is -0.132. The van der Waals surface area contributed by atoms with Gasteiger partial charge in [0.1, 0.15) is 0 Å². The van der Waals surface area contributed by atoms with Gasteiger partial charge in [0.05, 0.1) is 0 Å². The first-order valence-corrected chi connectivity index (χ1v) is 6.75. The van der Waals surface area contributed by atoms with Gasteiger partial charge in [-0.25, -0.2) is 0 Å². The summed E-state index contributed by atoms with van der Waals surface area (Å²) in [4.78, 5) is 14.4. The van der Waals surface area contributed by atoms with Gasteiger partial charge in [-0.15, -0.1) is 0 Å². The number of rotatable bonds is 2. The number of benzene rings is 1. The van der Waals surface area contributed by atoms with E-state index in [1.165, 1.54) is 5.56 Å². The van der Waals surface area contributed by atoms with E-state index in [1.54, 1.807) is 0 Å². The molecule has 1 fully saturated rings. The Balaban J connectivity index is 1.73. The van der Waals surface area contributed by atoms with Crippen LogP contribution in [-0.4, -0.2) is 17.4 Å². The molecule has 3 unspecified atom stereocenters. The lowest BCUT2D eigenvalue weighted by atomic mass is 9.82. The fourth-order valence-electron chi connectivity index (χ4n) is 3.12. The van der Waals surface area contributed by atoms with Crippen LogP contribution in [0.25, 0.3) is 0 Å². The Morgan fingerprint density at radius 1 is 1.22 bits per heavy atom. The summed E-state index contributed by atoms with van der Waals surface area (Å²) in [5.41, 5.74) is 1.22. The highest BCUT2D eigenvalue weighted by Gasteiger charge is 2.40. The summed E-state index contributed by atoms with van der Waals surface area (Å²) in [6.45, 7) is 3.84. The molecule has 1 saturated heterocycles. The van der Waals surface area contributed by atoms with Crippen LogP contribution in [0.4, 0.5) is 0 Å². The van der Waals surface area contributed by atoms with Crippen molar-refractivity contribution in [3.05, 3.63) is 48.0 Å². The van der Waals surface area contributed by atoms with Crippen LogP contribution in [0.3, 0.4) is 0 Å². The Morgan fingerprint density at radius 3 is 2.78 bits per heavy atom. The van der Waals surface area contributed by atoms with Crippen molar-refractivity contribution in [2.45, 2.75) is 19.9 Å². The molecule has 1 heterocycles. The van der Waals surface area contributed by atoms with Crippen molar-refractivity contribution in [3.63, 3.8) is 0 Å². The minimum Gasteiger partial charge on any atom is -0.337 e. The summed E-state index contributed by atoms with van der Waals surface area (Å²) in [7, 11) is 0. The van der Waals surface area contributed by atoms with Crippen molar-refractivity contribution in [1.29, 1.82) is 0 Å². The number of nitrogens with zero attached hydrogens (tertiary/aromatic N) is 1. The van der Waals surface area contributed by atoms with Crippen LogP contribution >= 0.6 is 0 Å². The van der Waals surface area contributed by atoms with Crippen molar-refractivity contribution in [2.24, 2.45) is 17.8 Å². The maximum atomic E-state index is 12.4. The van der Waals surface area contributed by atoms with E-state index in [4.69, 9.17) is 0 Å². The maximum absolute atomic E-state index is 12.4. The molecule has 0 radical (unpaired) electrons. The van der Waals surface area contributed by atoms with Crippen LogP contribution < -0.4 is 0 Å². The summed E-state index contributed by atoms with van der Waals surface area (Å²) in [6.07, 6.45) is 5.54. The van der Waals surface area contributed by atoms with Gasteiger partial charge >= 0.3 is 0 Å². The first kappa shape index (κ1) is 11.5. The predicted octanol–water partition coefficient (Wildman–Crippen LogP) is 2.86. The molecule has 3 atom stereocenters. The Kier molecular flexibility index (Phi) is 2.94. The molecule has 2 heteroatoms. The van der Waals surface area contributed by atoms with Gasteiger partial charge in [0, 0.05) is 24.9 Å². The van der Waals surface area contributed by atoms with Crippen LogP contribution in [0.2, 0.25) is 0 Å². The number of amides is 1. The number of likely N-dealkylation sites (tertiary alicyclic amines) is 1. The molecule has 1 aromatic rings. The number of allylic oxidation sites excluding steroid dienone is 1. The molecule has 18 heavy (non-hydrogen) atoms. The van der Waals surface area contributed by atoms with Crippen molar-refractivity contribution in [3.8, 4) is 0 Å². The Morgan fingerprint density at radius 2 is 2.00 bits per heavy atom. The lowest BCUT2D eigenvalue weighted by Gasteiger charge is -2.21. The third-order valence-corrected chi connectivity index (χ3v) is 4.11. The lowest BCUT2D eigenvalue weighted by Crippen LogP contribution is -2.27. The SMILES string of the molecule is CC1C=CC2CN(Cc3ccccc3)C(=O)C2C1. The van der Waals surface area contributed by atoms with Crippen molar-refractivity contribution in [1.82, 2.24) is 4.90 Å². The molecule has 1 aliphatic carbocycles. The monoisotopic (exact) mass is 241 g/mol. The van der Waals surface area contributed by atoms with Gasteiger partial charge in [0.15, 0.2) is 0 Å². The highest BCUT2D eigenvalue weighted by Crippen LogP contribution is 2.36. The molecule has 2 aliphatic rings. The second-order valence-electron chi connectivity index (χ2n) is 5.57. The van der Waals surface area contributed by atoms with Gasteiger partial charge in [-0.1, -0.05) is 49.4 Å². The maximum Gasteiger partial charge on any atom is 0.226 e. The van der Waals surface area contributed by atoms with Crippen LogP contribution in [0, 0.1) is 17.8 Å². The summed E-state index contributed by atoms with van der Waals surface area (Å²) in [5, 5.41) is 0. The molecule has 0 spiro atoms. The molecule has 0 saturated carbocycles. The molecule has 1 amide bonds. The van der Waals surface area contributed by atoms with E-state index in [0.29, 0.717) is 17.7 Å². The molecule has 0 aromatic heterocycles. The molecule has 0 N–H and O–H groups in total. The van der Waals surface area contributed by atoms with Gasteiger partial charge in [0.25, 0.3) is 0 Å². The largest absolute Gasteiger partial charge is 0.337 e. The van der Waals surface area contributed by atoms with E-state index in [9.17, 15) is 4.79 Å². The fraction of sp³-hybridized carbons (Fsp3) is 0.438. The minimum atomic E-state index is 0.230. The van der Waals surface area contributed by atoms with E-state index in [1.807, 2.05) is 23.1 Å². The number of hydrogen-bond acceptors (Lipinski definition) is 1. The zero-order chi connectivity index (χ0) is 12.5. The first-order valence-electron chi connectivity index (χ1n) is 6.75. The summed E-state index contributed by atoms with van der Waals surface area (Å²) < 4.78 is 0. The standard InChI is InChI=1S/C16H19NO/c1-12-7-8-14-11-17(16(18)15(14)9-12)10-13-5-3-2-4-6-13/h2-8,12,14-15H,9-11H2,1H3. The first-order chi connectivity index (χ1) is 8.74. The molecular weight excluding hydrogens is 222 g/mol. The van der Waals surface area contributed by atoms with Crippen LogP contribution in [0.15, 0.2) is 42.5 Å². The third kappa shape index (κ3) is 2.07. The van der Waals surface area contributed by atoms with Gasteiger partial charge in [0.2, 0.25) is 5.91 Å². The Hall–Kier alpha value is -1.57. The van der Waals surface area contributed by atoms with Crippen LogP contribution in [-0.2, 0) is 11.3 Å². The van der Waals surface area contributed by atoms with Gasteiger partial charge in [-0.3, -0.25) is 4.79 Å². The topological polar surface area (TPSA) is 20.3 Å². The highest BCUT2D eigenvalue weighted by molar-refractivity contribution is 5.82. The molecule has 3 rings (SSSR count). The molecular formula is C16H19NO. The smallest absolute Gasteiger partial charge is 0.226 e. The second-order valence-corrected chi connectivity index (χ2v) is 5.57. The number of hydrogen-bond donors (Lipinski definition) is 0. The molecule has 1 aromatic carbocycles. The second kappa shape index (κ2) is 4.60. The van der Waals surface area contributed by atoms with Gasteiger partial charge < -0.3 is 4.90 Å². The minimum absolute atomic E-state index is 0.230. The summed E-state index contributed by atoms with van der Waals surface area (Å²) in [6, 6.07) is 10.3. The van der Waals surface area contributed by atoms with E-state index in [-0.39, 0.29) is 5.92 Å². The Labute approximate surface area is 108 Å². The van der Waals surface area contributed by atoms with E-state index < -0.39 is 0 Å². The number of carbonyl (C=O) groups excluding carboxylic acids is 1. The highest BCUT2D eigenvalue weighted by atomic mass is 16.2. The average Bonchev–Trinajstić information content (AvgIpc) is 2.68. The average molecular weight is 241 g/mol. The predicted molar refractivity (Wildman–Crippen MR) is 71.8 cm³/mol. The zero-order valence-corrected chi connectivity index (χ0v) is 10.8. The van der Waals surface area contributed by atoms with Crippen molar-refractivity contribution >= 4 is 5.91 Å². The molecule has 0 bridgehead atoms. The van der Waals surface area contributed by atoms with Gasteiger partial charge in [-0.05, 0) is 17.9 Å². The van der Waals surface area contributed by atoms with Crippen LogP contribution in [0.5, 0.6) is 0 Å². The van der Waals surface area contributed by atoms with Gasteiger partial charge in [-0.2, -0.15) is 0 Å². The van der Waals surface area contributed by atoms with E-state index in [2.05, 4.69) is 31.2 Å². The normalized spacial score (nSPS) is 30.6. The zero-order valence-electron chi connectivity index (χ0n) is 10.8. The summed E-state index contributed by atoms with van der Waals surface area (Å²) >= 11 is 0.